The van der Waals surface area contributed by atoms with Gasteiger partial charge < -0.3 is 5.32 Å². The quantitative estimate of drug-likeness (QED) is 0.859. The molecular formula is C11H16N4S. The average Bonchev–Trinajstić information content (AvgIpc) is 2.87. The minimum absolute atomic E-state index is 0.773. The lowest BCUT2D eigenvalue weighted by atomic mass is 10.2. The van der Waals surface area contributed by atoms with Gasteiger partial charge in [0.2, 0.25) is 0 Å². The third-order valence-electron chi connectivity index (χ3n) is 2.46. The van der Waals surface area contributed by atoms with Gasteiger partial charge in [-0.3, -0.25) is 4.68 Å². The molecule has 2 rings (SSSR count). The molecule has 0 aliphatic heterocycles. The summed E-state index contributed by atoms with van der Waals surface area (Å²) >= 11 is 1.81. The molecule has 5 heteroatoms. The van der Waals surface area contributed by atoms with Crippen molar-refractivity contribution in [3.63, 3.8) is 0 Å². The van der Waals surface area contributed by atoms with Crippen LogP contribution in [-0.4, -0.2) is 15.0 Å². The maximum atomic E-state index is 4.03. The van der Waals surface area contributed by atoms with Crippen LogP contribution in [0.15, 0.2) is 17.6 Å². The van der Waals surface area contributed by atoms with E-state index in [2.05, 4.69) is 34.0 Å². The summed E-state index contributed by atoms with van der Waals surface area (Å²) in [7, 11) is 1.88. The summed E-state index contributed by atoms with van der Waals surface area (Å²) in [6.07, 6.45) is 3.04. The van der Waals surface area contributed by atoms with Gasteiger partial charge in [0.25, 0.3) is 0 Å². The van der Waals surface area contributed by atoms with Crippen LogP contribution >= 0.6 is 11.3 Å². The first kappa shape index (κ1) is 11.3. The summed E-state index contributed by atoms with van der Waals surface area (Å²) in [5, 5.41) is 13.5. The third-order valence-corrected chi connectivity index (χ3v) is 3.42. The molecule has 0 fully saturated rings. The van der Waals surface area contributed by atoms with Crippen LogP contribution in [0.4, 0.5) is 0 Å². The van der Waals surface area contributed by atoms with Crippen molar-refractivity contribution in [3.05, 3.63) is 33.8 Å². The molecule has 0 aromatic carbocycles. The number of hydrogen-bond acceptors (Lipinski definition) is 4. The lowest BCUT2D eigenvalue weighted by molar-refractivity contribution is 0.676. The lowest BCUT2D eigenvalue weighted by Crippen LogP contribution is -2.13. The van der Waals surface area contributed by atoms with Gasteiger partial charge >= 0.3 is 0 Å². The van der Waals surface area contributed by atoms with Crippen molar-refractivity contribution in [2.75, 3.05) is 0 Å². The van der Waals surface area contributed by atoms with E-state index in [-0.39, 0.29) is 0 Å². The zero-order valence-electron chi connectivity index (χ0n) is 9.60. The van der Waals surface area contributed by atoms with Crippen molar-refractivity contribution in [2.45, 2.75) is 26.4 Å². The predicted octanol–water partition coefficient (Wildman–Crippen LogP) is 1.73. The minimum atomic E-state index is 0.773. The molecule has 1 N–H and O–H groups in total. The van der Waals surface area contributed by atoms with Crippen LogP contribution < -0.4 is 5.32 Å². The standard InChI is InChI=1S/C11H16N4S/c1-3-9-4-5-16-11(9)7-12-6-10-8-15(2)14-13-10/h4-5,8,12H,3,6-7H2,1-2H3. The molecule has 4 nitrogen and oxygen atoms in total. The van der Waals surface area contributed by atoms with Gasteiger partial charge in [-0.2, -0.15) is 0 Å². The number of nitrogens with zero attached hydrogens (tertiary/aromatic N) is 3. The molecule has 2 heterocycles. The highest BCUT2D eigenvalue weighted by Gasteiger charge is 2.02. The smallest absolute Gasteiger partial charge is 0.0964 e. The highest BCUT2D eigenvalue weighted by Crippen LogP contribution is 2.16. The van der Waals surface area contributed by atoms with E-state index in [4.69, 9.17) is 0 Å². The van der Waals surface area contributed by atoms with Crippen LogP contribution in [0.2, 0.25) is 0 Å². The Morgan fingerprint density at radius 3 is 3.00 bits per heavy atom. The number of nitrogens with one attached hydrogen (secondary N) is 1. The Labute approximate surface area is 99.3 Å². The van der Waals surface area contributed by atoms with Crippen LogP contribution in [0.3, 0.4) is 0 Å². The van der Waals surface area contributed by atoms with E-state index >= 15 is 0 Å². The highest BCUT2D eigenvalue weighted by molar-refractivity contribution is 7.10. The SMILES string of the molecule is CCc1ccsc1CNCc1cn(C)nn1. The molecule has 0 radical (unpaired) electrons. The fourth-order valence-corrected chi connectivity index (χ4v) is 2.56. The maximum Gasteiger partial charge on any atom is 0.0964 e. The molecule has 16 heavy (non-hydrogen) atoms. The predicted molar refractivity (Wildman–Crippen MR) is 65.2 cm³/mol. The molecule has 0 saturated carbocycles. The van der Waals surface area contributed by atoms with E-state index in [9.17, 15) is 0 Å². The Morgan fingerprint density at radius 2 is 2.31 bits per heavy atom. The van der Waals surface area contributed by atoms with E-state index in [0.717, 1.165) is 25.2 Å². The summed E-state index contributed by atoms with van der Waals surface area (Å²) in [5.74, 6) is 0. The van der Waals surface area contributed by atoms with Gasteiger partial charge in [0.1, 0.15) is 0 Å². The largest absolute Gasteiger partial charge is 0.306 e. The fourth-order valence-electron chi connectivity index (χ4n) is 1.62. The van der Waals surface area contributed by atoms with Gasteiger partial charge in [0.05, 0.1) is 5.69 Å². The molecule has 0 unspecified atom stereocenters. The molecular weight excluding hydrogens is 220 g/mol. The number of rotatable bonds is 5. The van der Waals surface area contributed by atoms with Crippen molar-refractivity contribution in [1.29, 1.82) is 0 Å². The Bertz CT molecular complexity index is 446. The molecule has 0 aliphatic rings. The molecule has 0 atom stereocenters. The summed E-state index contributed by atoms with van der Waals surface area (Å²) in [5.41, 5.74) is 2.42. The summed E-state index contributed by atoms with van der Waals surface area (Å²) < 4.78 is 1.72. The number of aromatic nitrogens is 3. The molecule has 2 aromatic rings. The Morgan fingerprint density at radius 1 is 1.44 bits per heavy atom. The second-order valence-corrected chi connectivity index (χ2v) is 4.71. The zero-order chi connectivity index (χ0) is 11.4. The van der Waals surface area contributed by atoms with Crippen LogP contribution in [-0.2, 0) is 26.6 Å². The number of thiophene rings is 1. The molecule has 0 aliphatic carbocycles. The third kappa shape index (κ3) is 2.68. The molecule has 0 bridgehead atoms. The second-order valence-electron chi connectivity index (χ2n) is 3.71. The van der Waals surface area contributed by atoms with Crippen molar-refractivity contribution < 1.29 is 0 Å². The van der Waals surface area contributed by atoms with E-state index in [1.165, 1.54) is 10.4 Å². The van der Waals surface area contributed by atoms with Crippen molar-refractivity contribution in [1.82, 2.24) is 20.3 Å². The van der Waals surface area contributed by atoms with Gasteiger partial charge in [0, 0.05) is 31.2 Å². The Balaban J connectivity index is 1.84. The molecule has 86 valence electrons. The summed E-state index contributed by atoms with van der Waals surface area (Å²) in [6, 6.07) is 2.20. The number of aryl methyl sites for hydroxylation is 2. The van der Waals surface area contributed by atoms with Gasteiger partial charge in [-0.05, 0) is 23.4 Å². The van der Waals surface area contributed by atoms with Gasteiger partial charge in [0.15, 0.2) is 0 Å². The topological polar surface area (TPSA) is 42.7 Å². The minimum Gasteiger partial charge on any atom is -0.306 e. The monoisotopic (exact) mass is 236 g/mol. The zero-order valence-corrected chi connectivity index (χ0v) is 10.4. The van der Waals surface area contributed by atoms with Crippen LogP contribution in [0.5, 0.6) is 0 Å². The maximum absolute atomic E-state index is 4.03. The highest BCUT2D eigenvalue weighted by atomic mass is 32.1. The van der Waals surface area contributed by atoms with E-state index in [1.54, 1.807) is 4.68 Å². The summed E-state index contributed by atoms with van der Waals surface area (Å²) in [4.78, 5) is 1.42. The van der Waals surface area contributed by atoms with Crippen molar-refractivity contribution in [3.8, 4) is 0 Å². The molecule has 0 saturated heterocycles. The normalized spacial score (nSPS) is 10.9. The van der Waals surface area contributed by atoms with Crippen LogP contribution in [0, 0.1) is 0 Å². The molecule has 0 amide bonds. The van der Waals surface area contributed by atoms with E-state index in [1.807, 2.05) is 24.6 Å². The van der Waals surface area contributed by atoms with Crippen molar-refractivity contribution in [2.24, 2.45) is 7.05 Å². The molecule has 0 spiro atoms. The Kier molecular flexibility index (Phi) is 3.69. The summed E-state index contributed by atoms with van der Waals surface area (Å²) in [6.45, 7) is 3.88. The first-order valence-electron chi connectivity index (χ1n) is 5.40. The van der Waals surface area contributed by atoms with E-state index in [0.29, 0.717) is 0 Å². The fraction of sp³-hybridized carbons (Fsp3) is 0.455. The molecule has 2 aromatic heterocycles. The van der Waals surface area contributed by atoms with Gasteiger partial charge in [-0.15, -0.1) is 16.4 Å². The van der Waals surface area contributed by atoms with Crippen LogP contribution in [0.25, 0.3) is 0 Å². The van der Waals surface area contributed by atoms with Gasteiger partial charge in [-0.1, -0.05) is 12.1 Å². The number of hydrogen-bond donors (Lipinski definition) is 1. The van der Waals surface area contributed by atoms with Gasteiger partial charge in [-0.25, -0.2) is 0 Å². The average molecular weight is 236 g/mol. The first-order valence-corrected chi connectivity index (χ1v) is 6.28. The lowest BCUT2D eigenvalue weighted by Gasteiger charge is -2.02. The second kappa shape index (κ2) is 5.23. The van der Waals surface area contributed by atoms with Crippen LogP contribution in [0.1, 0.15) is 23.1 Å². The van der Waals surface area contributed by atoms with Crippen molar-refractivity contribution >= 4 is 11.3 Å². The Hall–Kier alpha value is -1.20. The first-order chi connectivity index (χ1) is 7.79. The van der Waals surface area contributed by atoms with E-state index < -0.39 is 0 Å².